The molecule has 2 aromatic carbocycles. The van der Waals surface area contributed by atoms with E-state index < -0.39 is 22.6 Å². The lowest BCUT2D eigenvalue weighted by Gasteiger charge is -2.42. The third-order valence-corrected chi connectivity index (χ3v) is 11.4. The molecule has 276 valence electrons. The van der Waals surface area contributed by atoms with E-state index in [-0.39, 0.29) is 32.5 Å². The van der Waals surface area contributed by atoms with Crippen molar-refractivity contribution in [1.82, 2.24) is 0 Å². The Kier molecular flexibility index (Phi) is 11.3. The fraction of sp³-hybridized carbons (Fsp3) is 0.707. The van der Waals surface area contributed by atoms with E-state index in [9.17, 15) is 0 Å². The molecule has 2 saturated heterocycles. The van der Waals surface area contributed by atoms with Gasteiger partial charge < -0.3 is 27.1 Å². The van der Waals surface area contributed by atoms with E-state index in [0.29, 0.717) is 26.4 Å². The third-order valence-electron chi connectivity index (χ3n) is 9.38. The van der Waals surface area contributed by atoms with Crippen molar-refractivity contribution >= 4 is 17.2 Å². The first-order valence-corrected chi connectivity index (χ1v) is 20.1. The fourth-order valence-electron chi connectivity index (χ4n) is 5.89. The van der Waals surface area contributed by atoms with Crippen molar-refractivity contribution in [3.8, 4) is 11.5 Å². The monoisotopic (exact) mass is 716 g/mol. The molecule has 1 spiro atoms. The molecule has 0 amide bonds. The van der Waals surface area contributed by atoms with Crippen molar-refractivity contribution in [2.24, 2.45) is 5.41 Å². The Morgan fingerprint density at radius 3 is 0.816 bits per heavy atom. The molecule has 2 fully saturated rings. The van der Waals surface area contributed by atoms with Crippen molar-refractivity contribution in [3.63, 3.8) is 0 Å². The first kappa shape index (κ1) is 40.5. The Morgan fingerprint density at radius 1 is 0.408 bits per heavy atom. The molecule has 6 nitrogen and oxygen atoms in total. The van der Waals surface area contributed by atoms with Crippen molar-refractivity contribution in [2.45, 2.75) is 157 Å². The summed E-state index contributed by atoms with van der Waals surface area (Å²) in [6.07, 6.45) is 0. The van der Waals surface area contributed by atoms with E-state index in [1.165, 1.54) is 33.4 Å². The zero-order chi connectivity index (χ0) is 37.2. The van der Waals surface area contributed by atoms with Gasteiger partial charge >= 0.3 is 17.2 Å². The summed E-state index contributed by atoms with van der Waals surface area (Å²) >= 11 is 0. The van der Waals surface area contributed by atoms with Crippen LogP contribution in [0.1, 0.15) is 158 Å². The fourth-order valence-corrected chi connectivity index (χ4v) is 8.45. The zero-order valence-electron chi connectivity index (χ0n) is 34.0. The van der Waals surface area contributed by atoms with Crippen LogP contribution in [-0.2, 0) is 50.6 Å². The standard InChI is InChI=1S/C41H66O6P2/c1-35(2,3)27-19-29(37(7,8)9)33(30(20-27)38(10,11)12)46-48-42-23-41(24-43-48)25-44-49(45-26-41)47-34-31(39(13,14)15)21-28(36(4,5)6)22-32(34)40(16,17)18/h19-22H,23-26H2,1-18H3. The summed E-state index contributed by atoms with van der Waals surface area (Å²) in [5.74, 6) is 1.76. The molecule has 0 saturated carbocycles. The molecular formula is C41H66O6P2. The second-order valence-corrected chi connectivity index (χ2v) is 22.8. The average Bonchev–Trinajstić information content (AvgIpc) is 2.92. The second-order valence-electron chi connectivity index (χ2n) is 20.5. The van der Waals surface area contributed by atoms with Crippen LogP contribution < -0.4 is 9.05 Å². The smallest absolute Gasteiger partial charge is 0.397 e. The predicted molar refractivity (Wildman–Crippen MR) is 206 cm³/mol. The first-order valence-electron chi connectivity index (χ1n) is 17.9. The van der Waals surface area contributed by atoms with Crippen molar-refractivity contribution < 1.29 is 27.1 Å². The van der Waals surface area contributed by atoms with Gasteiger partial charge in [-0.15, -0.1) is 0 Å². The van der Waals surface area contributed by atoms with E-state index in [0.717, 1.165) is 11.5 Å². The Bertz CT molecular complexity index is 1290. The molecule has 4 rings (SSSR count). The number of hydrogen-bond donors (Lipinski definition) is 0. The molecule has 2 aromatic rings. The van der Waals surface area contributed by atoms with Crippen LogP contribution in [0.2, 0.25) is 0 Å². The highest BCUT2D eigenvalue weighted by molar-refractivity contribution is 7.42. The number of hydrogen-bond acceptors (Lipinski definition) is 6. The number of rotatable bonds is 4. The summed E-state index contributed by atoms with van der Waals surface area (Å²) < 4.78 is 38.9. The van der Waals surface area contributed by atoms with Crippen molar-refractivity contribution in [1.29, 1.82) is 0 Å². The Morgan fingerprint density at radius 2 is 0.633 bits per heavy atom. The van der Waals surface area contributed by atoms with Crippen LogP contribution in [0.25, 0.3) is 0 Å². The van der Waals surface area contributed by atoms with Gasteiger partial charge in [0.25, 0.3) is 0 Å². The Hall–Kier alpha value is -1.26. The van der Waals surface area contributed by atoms with Gasteiger partial charge in [0.15, 0.2) is 0 Å². The van der Waals surface area contributed by atoms with Crippen LogP contribution >= 0.6 is 17.2 Å². The van der Waals surface area contributed by atoms with Crippen LogP contribution in [0, 0.1) is 5.41 Å². The Labute approximate surface area is 301 Å². The molecule has 0 bridgehead atoms. The maximum absolute atomic E-state index is 6.71. The van der Waals surface area contributed by atoms with Crippen molar-refractivity contribution in [2.75, 3.05) is 26.4 Å². The lowest BCUT2D eigenvalue weighted by molar-refractivity contribution is -0.0674. The molecular weight excluding hydrogens is 650 g/mol. The van der Waals surface area contributed by atoms with Gasteiger partial charge in [-0.2, -0.15) is 0 Å². The van der Waals surface area contributed by atoms with Gasteiger partial charge in [-0.3, -0.25) is 0 Å². The van der Waals surface area contributed by atoms with Gasteiger partial charge in [-0.1, -0.05) is 149 Å². The molecule has 0 aromatic heterocycles. The minimum atomic E-state index is -1.60. The second kappa shape index (κ2) is 13.6. The quantitative estimate of drug-likeness (QED) is 0.294. The lowest BCUT2D eigenvalue weighted by Crippen LogP contribution is -2.45. The highest BCUT2D eigenvalue weighted by Gasteiger charge is 2.46. The lowest BCUT2D eigenvalue weighted by atomic mass is 9.75. The maximum Gasteiger partial charge on any atom is 0.397 e. The molecule has 0 unspecified atom stereocenters. The van der Waals surface area contributed by atoms with E-state index in [2.05, 4.69) is 149 Å². The van der Waals surface area contributed by atoms with Crippen LogP contribution in [0.5, 0.6) is 11.5 Å². The summed E-state index contributed by atoms with van der Waals surface area (Å²) in [6, 6.07) is 9.24. The molecule has 0 N–H and O–H groups in total. The van der Waals surface area contributed by atoms with Gasteiger partial charge in [0.2, 0.25) is 0 Å². The van der Waals surface area contributed by atoms with Gasteiger partial charge in [0.05, 0.1) is 31.8 Å². The summed E-state index contributed by atoms with van der Waals surface area (Å²) in [5, 5.41) is 0. The van der Waals surface area contributed by atoms with E-state index >= 15 is 0 Å². The normalized spacial score (nSPS) is 23.1. The van der Waals surface area contributed by atoms with E-state index in [1.807, 2.05) is 0 Å². The van der Waals surface area contributed by atoms with Crippen LogP contribution in [0.15, 0.2) is 24.3 Å². The molecule has 8 heteroatoms. The largest absolute Gasteiger partial charge is 0.426 e. The highest BCUT2D eigenvalue weighted by atomic mass is 31.2. The molecule has 0 atom stereocenters. The summed E-state index contributed by atoms with van der Waals surface area (Å²) in [6.45, 7) is 42.2. The zero-order valence-corrected chi connectivity index (χ0v) is 35.8. The van der Waals surface area contributed by atoms with Crippen LogP contribution in [0.4, 0.5) is 0 Å². The summed E-state index contributed by atoms with van der Waals surface area (Å²) in [4.78, 5) is 0. The predicted octanol–water partition coefficient (Wildman–Crippen LogP) is 12.5. The molecule has 2 aliphatic heterocycles. The molecule has 0 radical (unpaired) electrons. The maximum atomic E-state index is 6.71. The SMILES string of the molecule is CC(C)(C)c1cc(C(C)(C)C)c(OP2OCC3(CO2)COP(Oc2c(C(C)(C)C)cc(C(C)(C)C)cc2C(C)(C)C)OC3)c(C(C)(C)C)c1. The Balaban J connectivity index is 1.52. The summed E-state index contributed by atoms with van der Waals surface area (Å²) in [5.41, 5.74) is 6.39. The molecule has 2 aliphatic rings. The summed E-state index contributed by atoms with van der Waals surface area (Å²) in [7, 11) is -3.20. The molecule has 49 heavy (non-hydrogen) atoms. The van der Waals surface area contributed by atoms with Gasteiger partial charge in [-0.05, 0) is 43.6 Å². The van der Waals surface area contributed by atoms with Crippen molar-refractivity contribution in [3.05, 3.63) is 57.6 Å². The highest BCUT2D eigenvalue weighted by Crippen LogP contribution is 2.57. The molecule has 2 heterocycles. The minimum Gasteiger partial charge on any atom is -0.426 e. The molecule has 0 aliphatic carbocycles. The number of benzene rings is 2. The topological polar surface area (TPSA) is 55.4 Å². The van der Waals surface area contributed by atoms with Gasteiger partial charge in [-0.25, -0.2) is 0 Å². The van der Waals surface area contributed by atoms with Gasteiger partial charge in [0.1, 0.15) is 11.5 Å². The average molecular weight is 717 g/mol. The van der Waals surface area contributed by atoms with Crippen LogP contribution in [-0.4, -0.2) is 26.4 Å². The van der Waals surface area contributed by atoms with E-state index in [1.54, 1.807) is 0 Å². The minimum absolute atomic E-state index is 0.0106. The van der Waals surface area contributed by atoms with E-state index in [4.69, 9.17) is 27.1 Å². The van der Waals surface area contributed by atoms with Crippen LogP contribution in [0.3, 0.4) is 0 Å². The first-order chi connectivity index (χ1) is 22.0. The third kappa shape index (κ3) is 9.60. The van der Waals surface area contributed by atoms with Gasteiger partial charge in [0, 0.05) is 22.3 Å².